The van der Waals surface area contributed by atoms with Crippen LogP contribution in [-0.4, -0.2) is 46.3 Å². The number of carbonyl (C=O) groups is 1. The third kappa shape index (κ3) is 4.11. The van der Waals surface area contributed by atoms with Gasteiger partial charge >= 0.3 is 0 Å². The largest absolute Gasteiger partial charge is 0.348 e. The molecule has 1 N–H and O–H groups in total. The molecule has 0 saturated carbocycles. The molecule has 5 heteroatoms. The summed E-state index contributed by atoms with van der Waals surface area (Å²) in [5.41, 5.74) is 4.37. The van der Waals surface area contributed by atoms with Gasteiger partial charge < -0.3 is 9.88 Å². The minimum atomic E-state index is 0.103. The highest BCUT2D eigenvalue weighted by Crippen LogP contribution is 2.25. The normalized spacial score (nSPS) is 12.5. The molecule has 1 aromatic heterocycles. The van der Waals surface area contributed by atoms with Gasteiger partial charge in [-0.1, -0.05) is 36.4 Å². The van der Waals surface area contributed by atoms with E-state index in [-0.39, 0.29) is 11.9 Å². The van der Waals surface area contributed by atoms with Crippen LogP contribution in [0.25, 0.3) is 11.0 Å². The first-order chi connectivity index (χ1) is 12.4. The van der Waals surface area contributed by atoms with Crippen LogP contribution < -0.4 is 0 Å². The number of H-pyrrole nitrogens is 1. The van der Waals surface area contributed by atoms with E-state index in [2.05, 4.69) is 46.1 Å². The van der Waals surface area contributed by atoms with E-state index in [9.17, 15) is 4.79 Å². The van der Waals surface area contributed by atoms with Gasteiger partial charge in [-0.3, -0.25) is 9.69 Å². The summed E-state index contributed by atoms with van der Waals surface area (Å²) in [6.07, 6.45) is 0. The fourth-order valence-corrected chi connectivity index (χ4v) is 3.09. The van der Waals surface area contributed by atoms with Crippen molar-refractivity contribution in [3.05, 3.63) is 65.5 Å². The van der Waals surface area contributed by atoms with Crippen molar-refractivity contribution in [2.75, 3.05) is 20.6 Å². The van der Waals surface area contributed by atoms with E-state index in [0.717, 1.165) is 23.4 Å². The van der Waals surface area contributed by atoms with Crippen molar-refractivity contribution in [2.45, 2.75) is 26.4 Å². The Morgan fingerprint density at radius 3 is 2.58 bits per heavy atom. The topological polar surface area (TPSA) is 52.2 Å². The summed E-state index contributed by atoms with van der Waals surface area (Å²) >= 11 is 0. The maximum Gasteiger partial charge on any atom is 0.236 e. The number of aryl methyl sites for hydroxylation is 1. The molecule has 0 aliphatic rings. The van der Waals surface area contributed by atoms with Crippen molar-refractivity contribution in [3.8, 4) is 0 Å². The lowest BCUT2D eigenvalue weighted by Crippen LogP contribution is -2.37. The second kappa shape index (κ2) is 7.70. The number of rotatable bonds is 6. The molecule has 136 valence electrons. The van der Waals surface area contributed by atoms with Gasteiger partial charge in [-0.2, -0.15) is 0 Å². The fourth-order valence-electron chi connectivity index (χ4n) is 3.09. The predicted molar refractivity (Wildman–Crippen MR) is 105 cm³/mol. The first-order valence-corrected chi connectivity index (χ1v) is 8.88. The number of imidazole rings is 1. The van der Waals surface area contributed by atoms with Crippen molar-refractivity contribution in [3.63, 3.8) is 0 Å². The number of fused-ring (bicyclic) bond motifs is 1. The number of hydrogen-bond donors (Lipinski definition) is 1. The molecule has 3 rings (SSSR count). The first-order valence-electron chi connectivity index (χ1n) is 8.88. The lowest BCUT2D eigenvalue weighted by Gasteiger charge is -2.30. The molecule has 0 saturated heterocycles. The van der Waals surface area contributed by atoms with Gasteiger partial charge in [0.1, 0.15) is 5.82 Å². The zero-order valence-electron chi connectivity index (χ0n) is 15.9. The smallest absolute Gasteiger partial charge is 0.236 e. The molecule has 3 aromatic rings. The molecular formula is C21H26N4O. The predicted octanol–water partition coefficient (Wildman–Crippen LogP) is 3.52. The number of aromatic nitrogens is 2. The molecule has 2 aromatic carbocycles. The van der Waals surface area contributed by atoms with E-state index in [1.165, 1.54) is 11.1 Å². The molecule has 0 spiro atoms. The molecule has 5 nitrogen and oxygen atoms in total. The van der Waals surface area contributed by atoms with Crippen molar-refractivity contribution in [1.29, 1.82) is 0 Å². The maximum atomic E-state index is 12.4. The summed E-state index contributed by atoms with van der Waals surface area (Å²) in [6, 6.07) is 16.7. The Kier molecular flexibility index (Phi) is 5.38. The number of hydrogen-bond acceptors (Lipinski definition) is 3. The van der Waals surface area contributed by atoms with Gasteiger partial charge in [0.15, 0.2) is 0 Å². The van der Waals surface area contributed by atoms with Gasteiger partial charge in [-0.15, -0.1) is 0 Å². The molecule has 1 unspecified atom stereocenters. The number of nitrogens with one attached hydrogen (secondary N) is 1. The van der Waals surface area contributed by atoms with Gasteiger partial charge in [0.05, 0.1) is 17.6 Å². The monoisotopic (exact) mass is 350 g/mol. The molecule has 1 amide bonds. The van der Waals surface area contributed by atoms with Crippen molar-refractivity contribution < 1.29 is 4.79 Å². The molecule has 0 aliphatic heterocycles. The minimum Gasteiger partial charge on any atom is -0.348 e. The van der Waals surface area contributed by atoms with Crippen LogP contribution in [0.3, 0.4) is 0 Å². The van der Waals surface area contributed by atoms with E-state index in [4.69, 9.17) is 0 Å². The number of benzene rings is 2. The van der Waals surface area contributed by atoms with Crippen LogP contribution in [0.15, 0.2) is 48.5 Å². The summed E-state index contributed by atoms with van der Waals surface area (Å²) in [7, 11) is 3.60. The number of likely N-dealkylation sites (N-methyl/N-ethyl adjacent to an activating group) is 1. The molecule has 1 atom stereocenters. The number of carbonyl (C=O) groups excluding carboxylic acids is 1. The van der Waals surface area contributed by atoms with E-state index in [0.29, 0.717) is 6.54 Å². The number of aromatic amines is 1. The molecule has 0 radical (unpaired) electrons. The highest BCUT2D eigenvalue weighted by atomic mass is 16.2. The van der Waals surface area contributed by atoms with E-state index >= 15 is 0 Å². The highest BCUT2D eigenvalue weighted by molar-refractivity contribution is 5.78. The fraction of sp³-hybridized carbons (Fsp3) is 0.333. The Morgan fingerprint density at radius 2 is 1.88 bits per heavy atom. The lowest BCUT2D eigenvalue weighted by molar-refractivity contribution is -0.130. The summed E-state index contributed by atoms with van der Waals surface area (Å²) in [6.45, 7) is 5.21. The van der Waals surface area contributed by atoms with Crippen LogP contribution >= 0.6 is 0 Å². The van der Waals surface area contributed by atoms with Gasteiger partial charge in [0.25, 0.3) is 0 Å². The first kappa shape index (κ1) is 18.1. The molecule has 1 heterocycles. The number of amides is 1. The summed E-state index contributed by atoms with van der Waals surface area (Å²) in [5.74, 6) is 1.01. The molecule has 0 aliphatic carbocycles. The summed E-state index contributed by atoms with van der Waals surface area (Å²) < 4.78 is 0. The summed E-state index contributed by atoms with van der Waals surface area (Å²) in [5, 5.41) is 0. The highest BCUT2D eigenvalue weighted by Gasteiger charge is 2.20. The Bertz CT molecular complexity index is 885. The van der Waals surface area contributed by atoms with Crippen molar-refractivity contribution >= 4 is 16.9 Å². The Labute approximate surface area is 154 Å². The zero-order valence-corrected chi connectivity index (χ0v) is 15.9. The minimum absolute atomic E-state index is 0.103. The van der Waals surface area contributed by atoms with Gasteiger partial charge in [-0.05, 0) is 37.1 Å². The van der Waals surface area contributed by atoms with E-state index in [1.54, 1.807) is 19.0 Å². The van der Waals surface area contributed by atoms with Crippen LogP contribution in [0.5, 0.6) is 0 Å². The molecule has 0 bridgehead atoms. The Hall–Kier alpha value is -2.66. The van der Waals surface area contributed by atoms with E-state index < -0.39 is 0 Å². The molecular weight excluding hydrogens is 324 g/mol. The van der Waals surface area contributed by atoms with Crippen LogP contribution in [0.2, 0.25) is 0 Å². The van der Waals surface area contributed by atoms with Gasteiger partial charge in [-0.25, -0.2) is 4.98 Å². The van der Waals surface area contributed by atoms with Gasteiger partial charge in [0.2, 0.25) is 5.91 Å². The standard InChI is InChI=1S/C21H26N4O/c1-15(18-10-11-19-20(12-18)23-16(2)22-19)25(14-21(26)24(3)4)13-17-8-6-5-7-9-17/h5-12,15H,13-14H2,1-4H3,(H,22,23). The quantitative estimate of drug-likeness (QED) is 0.740. The number of nitrogens with zero attached hydrogens (tertiary/aromatic N) is 3. The third-order valence-electron chi connectivity index (χ3n) is 4.72. The zero-order chi connectivity index (χ0) is 18.7. The van der Waals surface area contributed by atoms with Crippen LogP contribution in [-0.2, 0) is 11.3 Å². The lowest BCUT2D eigenvalue weighted by atomic mass is 10.0. The average Bonchev–Trinajstić information content (AvgIpc) is 3.00. The molecule has 0 fully saturated rings. The van der Waals surface area contributed by atoms with Crippen molar-refractivity contribution in [2.24, 2.45) is 0 Å². The Morgan fingerprint density at radius 1 is 1.15 bits per heavy atom. The molecule has 26 heavy (non-hydrogen) atoms. The Balaban J connectivity index is 1.88. The van der Waals surface area contributed by atoms with Crippen LogP contribution in [0, 0.1) is 6.92 Å². The second-order valence-corrected chi connectivity index (χ2v) is 6.95. The SMILES string of the molecule is Cc1nc2ccc(C(C)N(CC(=O)N(C)C)Cc3ccccc3)cc2[nH]1. The van der Waals surface area contributed by atoms with Crippen LogP contribution in [0.1, 0.15) is 29.9 Å². The second-order valence-electron chi connectivity index (χ2n) is 6.95. The van der Waals surface area contributed by atoms with Crippen molar-refractivity contribution in [1.82, 2.24) is 19.8 Å². The van der Waals surface area contributed by atoms with E-state index in [1.807, 2.05) is 31.2 Å². The summed E-state index contributed by atoms with van der Waals surface area (Å²) in [4.78, 5) is 24.0. The average molecular weight is 350 g/mol. The third-order valence-corrected chi connectivity index (χ3v) is 4.72. The van der Waals surface area contributed by atoms with Gasteiger partial charge in [0, 0.05) is 26.7 Å². The van der Waals surface area contributed by atoms with Crippen LogP contribution in [0.4, 0.5) is 0 Å². The maximum absolute atomic E-state index is 12.4.